The van der Waals surface area contributed by atoms with Crippen LogP contribution in [0.1, 0.15) is 36.8 Å². The number of hydrogen-bond donors (Lipinski definition) is 1. The second kappa shape index (κ2) is 6.58. The monoisotopic (exact) mass is 399 g/mol. The van der Waals surface area contributed by atoms with Gasteiger partial charge in [0.05, 0.1) is 6.54 Å². The van der Waals surface area contributed by atoms with E-state index in [1.165, 1.54) is 24.2 Å². The van der Waals surface area contributed by atoms with Crippen molar-refractivity contribution in [1.82, 2.24) is 0 Å². The SMILES string of the molecule is Cc1ccc(C2(O)CN(c3ccc(Br)cc3)C3=[N+]2CCCCC3)cc1. The summed E-state index contributed by atoms with van der Waals surface area (Å²) < 4.78 is 3.32. The highest BCUT2D eigenvalue weighted by atomic mass is 79.9. The van der Waals surface area contributed by atoms with Gasteiger partial charge >= 0.3 is 0 Å². The van der Waals surface area contributed by atoms with Gasteiger partial charge in [-0.1, -0.05) is 45.8 Å². The van der Waals surface area contributed by atoms with Crippen LogP contribution in [0.4, 0.5) is 5.69 Å². The van der Waals surface area contributed by atoms with E-state index in [1.807, 2.05) is 0 Å². The lowest BCUT2D eigenvalue weighted by Gasteiger charge is -2.23. The lowest BCUT2D eigenvalue weighted by molar-refractivity contribution is -0.658. The molecule has 130 valence electrons. The van der Waals surface area contributed by atoms with Gasteiger partial charge in [-0.15, -0.1) is 0 Å². The van der Waals surface area contributed by atoms with Crippen molar-refractivity contribution in [3.63, 3.8) is 0 Å². The Morgan fingerprint density at radius 3 is 2.44 bits per heavy atom. The van der Waals surface area contributed by atoms with Crippen LogP contribution >= 0.6 is 15.9 Å². The number of rotatable bonds is 2. The molecule has 1 unspecified atom stereocenters. The van der Waals surface area contributed by atoms with E-state index in [2.05, 4.69) is 80.9 Å². The summed E-state index contributed by atoms with van der Waals surface area (Å²) in [5, 5.41) is 11.7. The van der Waals surface area contributed by atoms with E-state index in [4.69, 9.17) is 0 Å². The maximum Gasteiger partial charge on any atom is 0.271 e. The fourth-order valence-electron chi connectivity index (χ4n) is 4.00. The van der Waals surface area contributed by atoms with Gasteiger partial charge < -0.3 is 5.11 Å². The standard InChI is InChI=1S/C21H24BrN2O/c1-16-6-8-17(9-7-16)21(25)15-23(19-12-10-18(22)11-13-19)20-5-3-2-4-14-24(20)21/h6-13,25H,2-5,14-15H2,1H3/q+1. The van der Waals surface area contributed by atoms with Crippen molar-refractivity contribution in [3.05, 3.63) is 64.1 Å². The van der Waals surface area contributed by atoms with Gasteiger partial charge in [0.15, 0.2) is 6.54 Å². The average Bonchev–Trinajstić information content (AvgIpc) is 2.78. The molecular weight excluding hydrogens is 376 g/mol. The Kier molecular flexibility index (Phi) is 4.42. The van der Waals surface area contributed by atoms with E-state index < -0.39 is 5.72 Å². The highest BCUT2D eigenvalue weighted by Crippen LogP contribution is 2.35. The van der Waals surface area contributed by atoms with Crippen LogP contribution in [0.25, 0.3) is 0 Å². The first kappa shape index (κ1) is 16.8. The minimum atomic E-state index is -0.958. The Morgan fingerprint density at radius 2 is 1.72 bits per heavy atom. The van der Waals surface area contributed by atoms with Crippen LogP contribution in [-0.2, 0) is 5.72 Å². The molecule has 4 heteroatoms. The first-order valence-electron chi connectivity index (χ1n) is 9.04. The Balaban J connectivity index is 1.79. The van der Waals surface area contributed by atoms with Gasteiger partial charge in [0.1, 0.15) is 5.69 Å². The molecule has 0 spiro atoms. The quantitative estimate of drug-likeness (QED) is 0.756. The highest BCUT2D eigenvalue weighted by molar-refractivity contribution is 9.10. The predicted octanol–water partition coefficient (Wildman–Crippen LogP) is 4.41. The molecule has 2 aromatic carbocycles. The molecule has 0 fully saturated rings. The normalized spacial score (nSPS) is 23.6. The molecular formula is C21H24BrN2O+. The lowest BCUT2D eigenvalue weighted by Crippen LogP contribution is -2.41. The Morgan fingerprint density at radius 1 is 1.00 bits per heavy atom. The molecule has 0 saturated carbocycles. The maximum absolute atomic E-state index is 11.7. The third kappa shape index (κ3) is 3.02. The summed E-state index contributed by atoms with van der Waals surface area (Å²) in [6.45, 7) is 3.57. The van der Waals surface area contributed by atoms with Crippen molar-refractivity contribution in [2.45, 2.75) is 38.3 Å². The van der Waals surface area contributed by atoms with Crippen LogP contribution in [0.3, 0.4) is 0 Å². The molecule has 2 aliphatic heterocycles. The zero-order chi connectivity index (χ0) is 17.4. The molecule has 0 saturated heterocycles. The molecule has 2 heterocycles. The lowest BCUT2D eigenvalue weighted by atomic mass is 10.0. The van der Waals surface area contributed by atoms with Crippen LogP contribution in [0, 0.1) is 6.92 Å². The van der Waals surface area contributed by atoms with E-state index in [0.717, 1.165) is 35.1 Å². The smallest absolute Gasteiger partial charge is 0.271 e. The van der Waals surface area contributed by atoms with Gasteiger partial charge in [0.25, 0.3) is 11.6 Å². The Hall–Kier alpha value is -1.65. The fourth-order valence-corrected chi connectivity index (χ4v) is 4.26. The van der Waals surface area contributed by atoms with Crippen molar-refractivity contribution in [3.8, 4) is 0 Å². The molecule has 0 radical (unpaired) electrons. The van der Waals surface area contributed by atoms with Crippen LogP contribution < -0.4 is 4.90 Å². The molecule has 0 aliphatic carbocycles. The molecule has 3 nitrogen and oxygen atoms in total. The first-order chi connectivity index (χ1) is 12.1. The molecule has 4 rings (SSSR count). The number of aryl methyl sites for hydroxylation is 1. The van der Waals surface area contributed by atoms with Crippen molar-refractivity contribution in [2.75, 3.05) is 18.0 Å². The second-order valence-corrected chi connectivity index (χ2v) is 8.04. The summed E-state index contributed by atoms with van der Waals surface area (Å²) >= 11 is 3.52. The van der Waals surface area contributed by atoms with Crippen molar-refractivity contribution in [2.24, 2.45) is 0 Å². The van der Waals surface area contributed by atoms with Gasteiger partial charge in [-0.25, -0.2) is 9.48 Å². The van der Waals surface area contributed by atoms with Crippen molar-refractivity contribution in [1.29, 1.82) is 0 Å². The molecule has 2 aromatic rings. The van der Waals surface area contributed by atoms with E-state index in [-0.39, 0.29) is 0 Å². The van der Waals surface area contributed by atoms with E-state index in [0.29, 0.717) is 6.54 Å². The number of hydrogen-bond acceptors (Lipinski definition) is 2. The number of benzene rings is 2. The van der Waals surface area contributed by atoms with E-state index >= 15 is 0 Å². The Bertz CT molecular complexity index is 798. The molecule has 0 bridgehead atoms. The molecule has 0 aromatic heterocycles. The molecule has 1 atom stereocenters. The molecule has 25 heavy (non-hydrogen) atoms. The summed E-state index contributed by atoms with van der Waals surface area (Å²) in [5.74, 6) is 1.25. The summed E-state index contributed by atoms with van der Waals surface area (Å²) in [6, 6.07) is 16.7. The number of β-amino-alcohol motifs (C(OH)–C–C–N with tert-alkyl or cyclic N) is 1. The summed E-state index contributed by atoms with van der Waals surface area (Å²) in [5.41, 5.74) is 2.39. The van der Waals surface area contributed by atoms with Gasteiger partial charge in [-0.3, -0.25) is 0 Å². The zero-order valence-electron chi connectivity index (χ0n) is 14.6. The van der Waals surface area contributed by atoms with Gasteiger partial charge in [0, 0.05) is 16.5 Å². The van der Waals surface area contributed by atoms with Crippen LogP contribution in [0.15, 0.2) is 53.0 Å². The zero-order valence-corrected chi connectivity index (χ0v) is 16.2. The van der Waals surface area contributed by atoms with Crippen molar-refractivity contribution < 1.29 is 9.68 Å². The van der Waals surface area contributed by atoms with Crippen molar-refractivity contribution >= 4 is 27.5 Å². The predicted molar refractivity (Wildman–Crippen MR) is 105 cm³/mol. The summed E-state index contributed by atoms with van der Waals surface area (Å²) in [4.78, 5) is 2.30. The van der Waals surface area contributed by atoms with Gasteiger partial charge in [-0.2, -0.15) is 0 Å². The molecule has 2 aliphatic rings. The maximum atomic E-state index is 11.7. The third-order valence-electron chi connectivity index (χ3n) is 5.38. The van der Waals surface area contributed by atoms with E-state index in [1.54, 1.807) is 0 Å². The third-order valence-corrected chi connectivity index (χ3v) is 5.91. The number of anilines is 1. The van der Waals surface area contributed by atoms with Crippen LogP contribution in [0.5, 0.6) is 0 Å². The summed E-state index contributed by atoms with van der Waals surface area (Å²) in [6.07, 6.45) is 4.55. The number of nitrogens with zero attached hydrogens (tertiary/aromatic N) is 2. The van der Waals surface area contributed by atoms with Gasteiger partial charge in [0.2, 0.25) is 0 Å². The summed E-state index contributed by atoms with van der Waals surface area (Å²) in [7, 11) is 0. The minimum absolute atomic E-state index is 0.576. The number of halogens is 1. The largest absolute Gasteiger partial charge is 0.346 e. The first-order valence-corrected chi connectivity index (χ1v) is 9.83. The minimum Gasteiger partial charge on any atom is -0.346 e. The molecule has 1 N–H and O–H groups in total. The topological polar surface area (TPSA) is 26.5 Å². The van der Waals surface area contributed by atoms with Crippen LogP contribution in [-0.4, -0.2) is 28.6 Å². The highest BCUT2D eigenvalue weighted by Gasteiger charge is 2.51. The van der Waals surface area contributed by atoms with Crippen LogP contribution in [0.2, 0.25) is 0 Å². The number of aliphatic hydroxyl groups is 1. The number of amidine groups is 1. The van der Waals surface area contributed by atoms with E-state index in [9.17, 15) is 5.11 Å². The Labute approximate surface area is 157 Å². The van der Waals surface area contributed by atoms with Gasteiger partial charge in [-0.05, 0) is 50.5 Å². The average molecular weight is 400 g/mol. The molecule has 0 amide bonds. The fraction of sp³-hybridized carbons (Fsp3) is 0.381. The second-order valence-electron chi connectivity index (χ2n) is 7.12.